The van der Waals surface area contributed by atoms with Gasteiger partial charge in [-0.25, -0.2) is 13.2 Å². The van der Waals surface area contributed by atoms with Gasteiger partial charge in [-0.1, -0.05) is 6.07 Å². The summed E-state index contributed by atoms with van der Waals surface area (Å²) in [7, 11) is -5.46. The van der Waals surface area contributed by atoms with Gasteiger partial charge in [0.1, 0.15) is 0 Å². The molecule has 88 valence electrons. The highest BCUT2D eigenvalue weighted by Crippen LogP contribution is 2.49. The van der Waals surface area contributed by atoms with Crippen LogP contribution in [0.15, 0.2) is 23.8 Å². The molecule has 0 aromatic heterocycles. The average Bonchev–Trinajstić information content (AvgIpc) is 2.18. The zero-order valence-electron chi connectivity index (χ0n) is 7.49. The normalized spacial score (nSPS) is 13.6. The van der Waals surface area contributed by atoms with Gasteiger partial charge in [-0.05, 0) is 12.1 Å². The first kappa shape index (κ1) is 12.9. The predicted molar refractivity (Wildman–Crippen MR) is 47.5 cm³/mol. The van der Waals surface area contributed by atoms with Gasteiger partial charge in [-0.3, -0.25) is 4.57 Å². The van der Waals surface area contributed by atoms with E-state index in [2.05, 4.69) is 0 Å². The van der Waals surface area contributed by atoms with Crippen molar-refractivity contribution in [2.24, 2.45) is 0 Å². The summed E-state index contributed by atoms with van der Waals surface area (Å²) < 4.78 is 61.7. The van der Waals surface area contributed by atoms with Crippen molar-refractivity contribution in [2.75, 3.05) is 0 Å². The van der Waals surface area contributed by atoms with Crippen LogP contribution in [0.1, 0.15) is 5.56 Å². The predicted octanol–water partition coefficient (Wildman–Crippen LogP) is 2.71. The third-order valence-corrected chi connectivity index (χ3v) is 2.33. The van der Waals surface area contributed by atoms with E-state index in [9.17, 15) is 22.1 Å². The second kappa shape index (κ2) is 4.37. The SMILES string of the molecule is O=P(O)(O)C(F)=C(F)c1cccc(F)c1F. The van der Waals surface area contributed by atoms with Crippen molar-refractivity contribution in [3.63, 3.8) is 0 Å². The summed E-state index contributed by atoms with van der Waals surface area (Å²) in [6.07, 6.45) is 0. The second-order valence-electron chi connectivity index (χ2n) is 2.75. The van der Waals surface area contributed by atoms with Gasteiger partial charge >= 0.3 is 7.60 Å². The molecule has 0 saturated carbocycles. The Morgan fingerprint density at radius 1 is 1.19 bits per heavy atom. The molecule has 16 heavy (non-hydrogen) atoms. The number of rotatable bonds is 2. The van der Waals surface area contributed by atoms with E-state index in [1.165, 1.54) is 0 Å². The van der Waals surface area contributed by atoms with Gasteiger partial charge < -0.3 is 9.79 Å². The Morgan fingerprint density at radius 2 is 1.75 bits per heavy atom. The van der Waals surface area contributed by atoms with Crippen molar-refractivity contribution in [3.8, 4) is 0 Å². The molecule has 8 heteroatoms. The summed E-state index contributed by atoms with van der Waals surface area (Å²) in [5, 5.41) is 0. The fraction of sp³-hybridized carbons (Fsp3) is 0. The molecule has 1 aromatic carbocycles. The molecule has 0 atom stereocenters. The van der Waals surface area contributed by atoms with Gasteiger partial charge in [0, 0.05) is 0 Å². The van der Waals surface area contributed by atoms with Crippen LogP contribution < -0.4 is 0 Å². The molecule has 0 aliphatic heterocycles. The maximum atomic E-state index is 13.1. The highest BCUT2D eigenvalue weighted by atomic mass is 31.2. The van der Waals surface area contributed by atoms with Crippen molar-refractivity contribution in [1.29, 1.82) is 0 Å². The topological polar surface area (TPSA) is 57.5 Å². The fourth-order valence-corrected chi connectivity index (χ4v) is 1.29. The molecule has 0 heterocycles. The zero-order valence-corrected chi connectivity index (χ0v) is 8.39. The summed E-state index contributed by atoms with van der Waals surface area (Å²) in [6, 6.07) is 2.19. The lowest BCUT2D eigenvalue weighted by molar-refractivity contribution is 0.367. The van der Waals surface area contributed by atoms with Crippen LogP contribution in [0, 0.1) is 11.6 Å². The van der Waals surface area contributed by atoms with Crippen molar-refractivity contribution in [1.82, 2.24) is 0 Å². The molecule has 0 radical (unpaired) electrons. The first-order valence-electron chi connectivity index (χ1n) is 3.81. The molecular weight excluding hydrogens is 251 g/mol. The third kappa shape index (κ3) is 2.49. The molecule has 0 fully saturated rings. The Labute approximate surface area is 87.2 Å². The van der Waals surface area contributed by atoms with Crippen LogP contribution in [-0.4, -0.2) is 9.79 Å². The Morgan fingerprint density at radius 3 is 2.25 bits per heavy atom. The summed E-state index contributed by atoms with van der Waals surface area (Å²) in [5.41, 5.74) is -3.61. The van der Waals surface area contributed by atoms with Crippen LogP contribution >= 0.6 is 7.60 Å². The first-order valence-corrected chi connectivity index (χ1v) is 5.42. The molecule has 1 rings (SSSR count). The van der Waals surface area contributed by atoms with Gasteiger partial charge in [0.25, 0.3) is 0 Å². The first-order chi connectivity index (χ1) is 7.25. The fourth-order valence-electron chi connectivity index (χ4n) is 0.912. The van der Waals surface area contributed by atoms with Crippen molar-refractivity contribution < 1.29 is 31.9 Å². The van der Waals surface area contributed by atoms with Gasteiger partial charge in [0.15, 0.2) is 17.5 Å². The lowest BCUT2D eigenvalue weighted by Gasteiger charge is -2.04. The number of hydrogen-bond acceptors (Lipinski definition) is 1. The minimum absolute atomic E-state index is 0.654. The molecule has 0 aliphatic carbocycles. The average molecular weight is 256 g/mol. The number of benzene rings is 1. The molecule has 0 amide bonds. The van der Waals surface area contributed by atoms with E-state index in [1.807, 2.05) is 0 Å². The monoisotopic (exact) mass is 256 g/mol. The van der Waals surface area contributed by atoms with Gasteiger partial charge in [0.2, 0.25) is 5.57 Å². The van der Waals surface area contributed by atoms with Crippen LogP contribution in [-0.2, 0) is 4.57 Å². The van der Waals surface area contributed by atoms with Crippen LogP contribution in [0.3, 0.4) is 0 Å². The smallest absolute Gasteiger partial charge is 0.319 e. The molecule has 1 aromatic rings. The Kier molecular flexibility index (Phi) is 3.52. The Balaban J connectivity index is 3.41. The summed E-state index contributed by atoms with van der Waals surface area (Å²) in [4.78, 5) is 16.6. The Hall–Kier alpha value is -1.17. The molecule has 0 bridgehead atoms. The Bertz CT molecular complexity index is 494. The van der Waals surface area contributed by atoms with Crippen molar-refractivity contribution >= 4 is 13.4 Å². The molecule has 2 N–H and O–H groups in total. The zero-order chi connectivity index (χ0) is 12.5. The van der Waals surface area contributed by atoms with E-state index in [0.717, 1.165) is 6.07 Å². The van der Waals surface area contributed by atoms with Crippen LogP contribution in [0.5, 0.6) is 0 Å². The number of hydrogen-bond donors (Lipinski definition) is 2. The van der Waals surface area contributed by atoms with E-state index in [-0.39, 0.29) is 0 Å². The van der Waals surface area contributed by atoms with Crippen LogP contribution in [0.2, 0.25) is 0 Å². The maximum absolute atomic E-state index is 13.1. The van der Waals surface area contributed by atoms with E-state index in [1.54, 1.807) is 0 Å². The molecule has 0 unspecified atom stereocenters. The molecular formula is C8H5F4O3P. The quantitative estimate of drug-likeness (QED) is 0.631. The van der Waals surface area contributed by atoms with Gasteiger partial charge in [-0.2, -0.15) is 4.39 Å². The van der Waals surface area contributed by atoms with Crippen LogP contribution in [0.4, 0.5) is 17.6 Å². The number of halogens is 4. The lowest BCUT2D eigenvalue weighted by Crippen LogP contribution is -1.93. The summed E-state index contributed by atoms with van der Waals surface area (Å²) >= 11 is 0. The van der Waals surface area contributed by atoms with E-state index >= 15 is 0 Å². The largest absolute Gasteiger partial charge is 0.387 e. The van der Waals surface area contributed by atoms with Crippen molar-refractivity contribution in [2.45, 2.75) is 0 Å². The van der Waals surface area contributed by atoms with E-state index in [0.29, 0.717) is 12.1 Å². The highest BCUT2D eigenvalue weighted by Gasteiger charge is 2.28. The minimum atomic E-state index is -5.46. The van der Waals surface area contributed by atoms with E-state index in [4.69, 9.17) is 9.79 Å². The van der Waals surface area contributed by atoms with Crippen LogP contribution in [0.25, 0.3) is 5.83 Å². The molecule has 0 saturated heterocycles. The molecule has 0 aliphatic rings. The molecule has 0 spiro atoms. The highest BCUT2D eigenvalue weighted by molar-refractivity contribution is 7.56. The minimum Gasteiger partial charge on any atom is -0.319 e. The summed E-state index contributed by atoms with van der Waals surface area (Å²) in [6.45, 7) is 0. The lowest BCUT2D eigenvalue weighted by atomic mass is 10.2. The van der Waals surface area contributed by atoms with E-state index < -0.39 is 36.2 Å². The maximum Gasteiger partial charge on any atom is 0.387 e. The summed E-state index contributed by atoms with van der Waals surface area (Å²) in [5.74, 6) is -5.29. The van der Waals surface area contributed by atoms with Gasteiger partial charge in [0.05, 0.1) is 5.56 Å². The van der Waals surface area contributed by atoms with Gasteiger partial charge in [-0.15, -0.1) is 0 Å². The second-order valence-corrected chi connectivity index (χ2v) is 4.23. The third-order valence-electron chi connectivity index (χ3n) is 1.62. The standard InChI is InChI=1S/C8H5F4O3P/c9-5-3-1-2-4(6(5)10)7(11)8(12)16(13,14)15/h1-3H,(H2,13,14,15). The molecule has 3 nitrogen and oxygen atoms in total. The van der Waals surface area contributed by atoms with Crippen molar-refractivity contribution in [3.05, 3.63) is 41.0 Å².